The summed E-state index contributed by atoms with van der Waals surface area (Å²) in [5.74, 6) is -0.184. The molecule has 0 spiro atoms. The largest absolute Gasteiger partial charge is 0.420 e. The molecule has 140 valence electrons. The van der Waals surface area contributed by atoms with E-state index in [1.165, 1.54) is 4.57 Å². The van der Waals surface area contributed by atoms with Crippen molar-refractivity contribution < 1.29 is 17.6 Å². The number of benzene rings is 1. The van der Waals surface area contributed by atoms with Crippen LogP contribution in [0.3, 0.4) is 0 Å². The summed E-state index contributed by atoms with van der Waals surface area (Å²) in [4.78, 5) is 28.5. The first kappa shape index (κ1) is 17.3. The number of hydrogen-bond donors (Lipinski definition) is 0. The predicted octanol–water partition coefficient (Wildman–Crippen LogP) is -0.0742. The molecule has 1 amide bonds. The van der Waals surface area contributed by atoms with Crippen LogP contribution in [0.5, 0.6) is 0 Å². The molecule has 0 saturated carbocycles. The van der Waals surface area contributed by atoms with Crippen LogP contribution in [0.1, 0.15) is 6.42 Å². The Bertz CT molecular complexity index is 985. The third kappa shape index (κ3) is 3.28. The van der Waals surface area contributed by atoms with E-state index >= 15 is 0 Å². The van der Waals surface area contributed by atoms with Crippen molar-refractivity contribution in [2.24, 2.45) is 0 Å². The molecule has 0 aliphatic carbocycles. The van der Waals surface area contributed by atoms with Gasteiger partial charge in [0.2, 0.25) is 5.91 Å². The molecular formula is C17H21N3O5S. The van der Waals surface area contributed by atoms with Crippen LogP contribution in [-0.2, 0) is 21.2 Å². The molecule has 3 heterocycles. The van der Waals surface area contributed by atoms with Crippen molar-refractivity contribution in [3.05, 3.63) is 34.8 Å². The molecule has 2 saturated heterocycles. The standard InChI is InChI=1S/C17H21N3O5S/c21-16(11-20-14-3-1-2-4-15(14)25-17(20)22)19-8-6-18(7-9-19)13-5-10-26(23,24)12-13/h1-4,13H,5-12H2/t13-/m1/s1. The Morgan fingerprint density at radius 1 is 1.15 bits per heavy atom. The van der Waals surface area contributed by atoms with Crippen LogP contribution in [0.25, 0.3) is 11.1 Å². The quantitative estimate of drug-likeness (QED) is 0.741. The topological polar surface area (TPSA) is 92.8 Å². The Morgan fingerprint density at radius 3 is 2.58 bits per heavy atom. The van der Waals surface area contributed by atoms with Gasteiger partial charge in [-0.15, -0.1) is 0 Å². The Hall–Kier alpha value is -2.13. The number of sulfone groups is 1. The van der Waals surface area contributed by atoms with Gasteiger partial charge in [0.05, 0.1) is 17.0 Å². The minimum atomic E-state index is -2.91. The minimum absolute atomic E-state index is 0.0480. The second kappa shape index (κ2) is 6.55. The molecule has 1 atom stereocenters. The smallest absolute Gasteiger partial charge is 0.408 e. The van der Waals surface area contributed by atoms with Gasteiger partial charge in [-0.1, -0.05) is 12.1 Å². The van der Waals surface area contributed by atoms with Crippen LogP contribution in [0.2, 0.25) is 0 Å². The molecule has 2 aliphatic heterocycles. The zero-order chi connectivity index (χ0) is 18.3. The van der Waals surface area contributed by atoms with Gasteiger partial charge in [0.25, 0.3) is 0 Å². The lowest BCUT2D eigenvalue weighted by Crippen LogP contribution is -2.53. The maximum atomic E-state index is 12.6. The zero-order valence-corrected chi connectivity index (χ0v) is 15.2. The second-order valence-corrected chi connectivity index (χ2v) is 9.12. The number of rotatable bonds is 3. The monoisotopic (exact) mass is 379 g/mol. The average Bonchev–Trinajstić information content (AvgIpc) is 3.14. The number of oxazole rings is 1. The molecule has 2 fully saturated rings. The highest BCUT2D eigenvalue weighted by atomic mass is 32.2. The Kier molecular flexibility index (Phi) is 4.36. The van der Waals surface area contributed by atoms with Gasteiger partial charge in [-0.2, -0.15) is 0 Å². The van der Waals surface area contributed by atoms with Crippen LogP contribution in [0.4, 0.5) is 0 Å². The molecule has 0 bridgehead atoms. The van der Waals surface area contributed by atoms with Crippen molar-refractivity contribution in [1.82, 2.24) is 14.4 Å². The van der Waals surface area contributed by atoms with E-state index in [0.717, 1.165) is 0 Å². The third-order valence-electron chi connectivity index (χ3n) is 5.26. The highest BCUT2D eigenvalue weighted by Crippen LogP contribution is 2.19. The maximum absolute atomic E-state index is 12.6. The van der Waals surface area contributed by atoms with E-state index in [1.807, 2.05) is 0 Å². The lowest BCUT2D eigenvalue weighted by molar-refractivity contribution is -0.133. The number of carbonyl (C=O) groups excluding carboxylic acids is 1. The van der Waals surface area contributed by atoms with E-state index in [2.05, 4.69) is 4.90 Å². The van der Waals surface area contributed by atoms with Gasteiger partial charge in [-0.25, -0.2) is 13.2 Å². The van der Waals surface area contributed by atoms with Gasteiger partial charge in [-0.05, 0) is 18.6 Å². The van der Waals surface area contributed by atoms with E-state index in [9.17, 15) is 18.0 Å². The lowest BCUT2D eigenvalue weighted by atomic mass is 10.2. The van der Waals surface area contributed by atoms with Crippen LogP contribution in [0, 0.1) is 0 Å². The Labute approximate surface area is 150 Å². The summed E-state index contributed by atoms with van der Waals surface area (Å²) in [5, 5.41) is 0. The van der Waals surface area contributed by atoms with Crippen molar-refractivity contribution in [3.8, 4) is 0 Å². The zero-order valence-electron chi connectivity index (χ0n) is 14.3. The summed E-state index contributed by atoms with van der Waals surface area (Å²) in [6, 6.07) is 7.10. The summed E-state index contributed by atoms with van der Waals surface area (Å²) >= 11 is 0. The van der Waals surface area contributed by atoms with Gasteiger partial charge >= 0.3 is 5.76 Å². The lowest BCUT2D eigenvalue weighted by Gasteiger charge is -2.37. The van der Waals surface area contributed by atoms with Crippen LogP contribution in [-0.4, -0.2) is 72.4 Å². The average molecular weight is 379 g/mol. The van der Waals surface area contributed by atoms with Crippen molar-refractivity contribution in [1.29, 1.82) is 0 Å². The molecule has 0 N–H and O–H groups in total. The van der Waals surface area contributed by atoms with E-state index in [4.69, 9.17) is 4.42 Å². The summed E-state index contributed by atoms with van der Waals surface area (Å²) in [6.07, 6.45) is 0.673. The highest BCUT2D eigenvalue weighted by molar-refractivity contribution is 7.91. The van der Waals surface area contributed by atoms with Crippen LogP contribution < -0.4 is 5.76 Å². The maximum Gasteiger partial charge on any atom is 0.420 e. The number of hydrogen-bond acceptors (Lipinski definition) is 6. The molecule has 0 unspecified atom stereocenters. The number of carbonyl (C=O) groups is 1. The van der Waals surface area contributed by atoms with Crippen LogP contribution >= 0.6 is 0 Å². The van der Waals surface area contributed by atoms with E-state index in [0.29, 0.717) is 43.7 Å². The van der Waals surface area contributed by atoms with E-state index in [-0.39, 0.29) is 30.0 Å². The van der Waals surface area contributed by atoms with Gasteiger partial charge < -0.3 is 9.32 Å². The van der Waals surface area contributed by atoms with Gasteiger partial charge in [0.1, 0.15) is 6.54 Å². The second-order valence-electron chi connectivity index (χ2n) is 6.90. The molecule has 2 aliphatic rings. The molecule has 26 heavy (non-hydrogen) atoms. The first-order valence-electron chi connectivity index (χ1n) is 8.73. The first-order valence-corrected chi connectivity index (χ1v) is 10.6. The first-order chi connectivity index (χ1) is 12.4. The van der Waals surface area contributed by atoms with Crippen LogP contribution in [0.15, 0.2) is 33.5 Å². The Morgan fingerprint density at radius 2 is 1.88 bits per heavy atom. The number of piperazine rings is 1. The fourth-order valence-electron chi connectivity index (χ4n) is 3.80. The Balaban J connectivity index is 1.39. The van der Waals surface area contributed by atoms with Crippen molar-refractivity contribution >= 4 is 26.8 Å². The molecule has 4 rings (SSSR count). The molecule has 0 radical (unpaired) electrons. The number of para-hydroxylation sites is 2. The molecule has 8 nitrogen and oxygen atoms in total. The molecule has 1 aromatic heterocycles. The van der Waals surface area contributed by atoms with Gasteiger partial charge in [0, 0.05) is 32.2 Å². The molecule has 2 aromatic rings. The number of aromatic nitrogens is 1. The molecular weight excluding hydrogens is 358 g/mol. The van der Waals surface area contributed by atoms with Gasteiger partial charge in [-0.3, -0.25) is 14.3 Å². The fourth-order valence-corrected chi connectivity index (χ4v) is 5.56. The normalized spacial score (nSPS) is 23.5. The number of nitrogens with zero attached hydrogens (tertiary/aromatic N) is 3. The summed E-state index contributed by atoms with van der Waals surface area (Å²) in [5.41, 5.74) is 1.08. The number of fused-ring (bicyclic) bond motifs is 1. The van der Waals surface area contributed by atoms with Crippen molar-refractivity contribution in [2.75, 3.05) is 37.7 Å². The molecule has 9 heteroatoms. The molecule has 1 aromatic carbocycles. The SMILES string of the molecule is O=C(Cn1c(=O)oc2ccccc21)N1CCN([C@@H]2CCS(=O)(=O)C2)CC1. The predicted molar refractivity (Wildman–Crippen MR) is 95.7 cm³/mol. The minimum Gasteiger partial charge on any atom is -0.408 e. The summed E-state index contributed by atoms with van der Waals surface area (Å²) in [7, 11) is -2.91. The summed E-state index contributed by atoms with van der Waals surface area (Å²) < 4.78 is 29.8. The summed E-state index contributed by atoms with van der Waals surface area (Å²) in [6.45, 7) is 2.35. The number of amides is 1. The highest BCUT2D eigenvalue weighted by Gasteiger charge is 2.34. The van der Waals surface area contributed by atoms with Gasteiger partial charge in [0.15, 0.2) is 15.4 Å². The van der Waals surface area contributed by atoms with Crippen molar-refractivity contribution in [3.63, 3.8) is 0 Å². The van der Waals surface area contributed by atoms with Crippen molar-refractivity contribution in [2.45, 2.75) is 19.0 Å². The van der Waals surface area contributed by atoms with E-state index in [1.54, 1.807) is 29.2 Å². The van der Waals surface area contributed by atoms with E-state index < -0.39 is 15.6 Å². The fraction of sp³-hybridized carbons (Fsp3) is 0.529. The third-order valence-corrected chi connectivity index (χ3v) is 7.01.